The van der Waals surface area contributed by atoms with Crippen LogP contribution < -0.4 is 0 Å². The predicted octanol–water partition coefficient (Wildman–Crippen LogP) is 2.94. The van der Waals surface area contributed by atoms with E-state index in [1.165, 1.54) is 32.1 Å². The molecule has 0 amide bonds. The highest BCUT2D eigenvalue weighted by molar-refractivity contribution is 6.20. The van der Waals surface area contributed by atoms with Crippen LogP contribution in [0.3, 0.4) is 0 Å². The van der Waals surface area contributed by atoms with Crippen LogP contribution in [0.4, 0.5) is 0 Å². The SMILES string of the molecule is CCC1(Cn2nnnc2C(C)Cl)CCCC1. The maximum atomic E-state index is 6.06. The van der Waals surface area contributed by atoms with Crippen LogP contribution in [0.2, 0.25) is 0 Å². The molecule has 1 aliphatic carbocycles. The summed E-state index contributed by atoms with van der Waals surface area (Å²) >= 11 is 6.06. The van der Waals surface area contributed by atoms with E-state index >= 15 is 0 Å². The lowest BCUT2D eigenvalue weighted by Gasteiger charge is -2.27. The summed E-state index contributed by atoms with van der Waals surface area (Å²) in [5, 5.41) is 11.7. The van der Waals surface area contributed by atoms with Gasteiger partial charge in [-0.25, -0.2) is 4.68 Å². The van der Waals surface area contributed by atoms with Gasteiger partial charge >= 0.3 is 0 Å². The Bertz CT molecular complexity index is 342. The van der Waals surface area contributed by atoms with E-state index in [0.717, 1.165) is 12.4 Å². The van der Waals surface area contributed by atoms with Crippen LogP contribution in [0, 0.1) is 5.41 Å². The monoisotopic (exact) mass is 242 g/mol. The summed E-state index contributed by atoms with van der Waals surface area (Å²) in [5.41, 5.74) is 0.399. The predicted molar refractivity (Wildman–Crippen MR) is 63.3 cm³/mol. The minimum atomic E-state index is -0.120. The zero-order chi connectivity index (χ0) is 11.6. The van der Waals surface area contributed by atoms with E-state index in [1.807, 2.05) is 11.6 Å². The molecule has 5 heteroatoms. The molecule has 16 heavy (non-hydrogen) atoms. The normalized spacial score (nSPS) is 21.2. The number of rotatable bonds is 4. The molecule has 2 rings (SSSR count). The van der Waals surface area contributed by atoms with Gasteiger partial charge in [0.2, 0.25) is 0 Å². The molecule has 1 heterocycles. The van der Waals surface area contributed by atoms with Gasteiger partial charge in [-0.15, -0.1) is 16.7 Å². The van der Waals surface area contributed by atoms with Gasteiger partial charge in [0.05, 0.1) is 11.9 Å². The molecule has 0 bridgehead atoms. The van der Waals surface area contributed by atoms with E-state index in [-0.39, 0.29) is 5.38 Å². The van der Waals surface area contributed by atoms with Crippen LogP contribution in [0.1, 0.15) is 57.2 Å². The summed E-state index contributed by atoms with van der Waals surface area (Å²) < 4.78 is 1.90. The summed E-state index contributed by atoms with van der Waals surface area (Å²) in [6.07, 6.45) is 6.45. The Morgan fingerprint density at radius 1 is 1.44 bits per heavy atom. The number of alkyl halides is 1. The van der Waals surface area contributed by atoms with Crippen molar-refractivity contribution in [2.75, 3.05) is 0 Å². The largest absolute Gasteiger partial charge is 0.228 e. The minimum absolute atomic E-state index is 0.120. The molecule has 0 aliphatic heterocycles. The smallest absolute Gasteiger partial charge is 0.168 e. The molecular formula is C11H19ClN4. The molecule has 1 atom stereocenters. The molecule has 1 aromatic heterocycles. The molecule has 0 saturated heterocycles. The molecule has 1 unspecified atom stereocenters. The Morgan fingerprint density at radius 3 is 2.69 bits per heavy atom. The number of hydrogen-bond donors (Lipinski definition) is 0. The van der Waals surface area contributed by atoms with Gasteiger partial charge in [-0.2, -0.15) is 0 Å². The topological polar surface area (TPSA) is 43.6 Å². The third kappa shape index (κ3) is 2.21. The van der Waals surface area contributed by atoms with Crippen molar-refractivity contribution >= 4 is 11.6 Å². The van der Waals surface area contributed by atoms with E-state index in [0.29, 0.717) is 5.41 Å². The Balaban J connectivity index is 2.16. The zero-order valence-corrected chi connectivity index (χ0v) is 10.7. The molecule has 1 aromatic rings. The standard InChI is InChI=1S/C11H19ClN4/c1-3-11(6-4-5-7-11)8-16-10(9(2)12)13-14-15-16/h9H,3-8H2,1-2H3. The lowest BCUT2D eigenvalue weighted by Crippen LogP contribution is -2.25. The van der Waals surface area contributed by atoms with Gasteiger partial charge < -0.3 is 0 Å². The van der Waals surface area contributed by atoms with Crippen molar-refractivity contribution < 1.29 is 0 Å². The Morgan fingerprint density at radius 2 is 2.12 bits per heavy atom. The van der Waals surface area contributed by atoms with Crippen LogP contribution in [0.5, 0.6) is 0 Å². The fourth-order valence-corrected chi connectivity index (χ4v) is 2.83. The second-order valence-electron chi connectivity index (χ2n) is 4.87. The highest BCUT2D eigenvalue weighted by atomic mass is 35.5. The molecule has 1 fully saturated rings. The van der Waals surface area contributed by atoms with E-state index in [2.05, 4.69) is 22.4 Å². The molecule has 0 spiro atoms. The fraction of sp³-hybridized carbons (Fsp3) is 0.909. The van der Waals surface area contributed by atoms with Gasteiger partial charge in [0, 0.05) is 0 Å². The first-order valence-electron chi connectivity index (χ1n) is 6.07. The third-order valence-electron chi connectivity index (χ3n) is 3.81. The third-order valence-corrected chi connectivity index (χ3v) is 4.01. The number of hydrogen-bond acceptors (Lipinski definition) is 3. The lowest BCUT2D eigenvalue weighted by molar-refractivity contribution is 0.221. The fourth-order valence-electron chi connectivity index (χ4n) is 2.68. The zero-order valence-electron chi connectivity index (χ0n) is 9.99. The van der Waals surface area contributed by atoms with Crippen molar-refractivity contribution in [3.05, 3.63) is 5.82 Å². The molecule has 1 saturated carbocycles. The van der Waals surface area contributed by atoms with Crippen molar-refractivity contribution in [1.82, 2.24) is 20.2 Å². The molecule has 0 radical (unpaired) electrons. The van der Waals surface area contributed by atoms with Crippen molar-refractivity contribution in [3.8, 4) is 0 Å². The summed E-state index contributed by atoms with van der Waals surface area (Å²) in [4.78, 5) is 0. The van der Waals surface area contributed by atoms with Gasteiger partial charge in [-0.05, 0) is 42.0 Å². The number of tetrazole rings is 1. The number of halogens is 1. The van der Waals surface area contributed by atoms with Gasteiger partial charge in [-0.3, -0.25) is 0 Å². The highest BCUT2D eigenvalue weighted by Crippen LogP contribution is 2.42. The second kappa shape index (κ2) is 4.70. The van der Waals surface area contributed by atoms with E-state index < -0.39 is 0 Å². The molecule has 1 aliphatic rings. The van der Waals surface area contributed by atoms with Gasteiger partial charge in [0.1, 0.15) is 0 Å². The lowest BCUT2D eigenvalue weighted by atomic mass is 9.83. The molecule has 4 nitrogen and oxygen atoms in total. The van der Waals surface area contributed by atoms with Crippen LogP contribution in [0.25, 0.3) is 0 Å². The van der Waals surface area contributed by atoms with E-state index in [9.17, 15) is 0 Å². The first kappa shape index (κ1) is 11.8. The number of nitrogens with zero attached hydrogens (tertiary/aromatic N) is 4. The molecule has 90 valence electrons. The van der Waals surface area contributed by atoms with Crippen molar-refractivity contribution in [2.24, 2.45) is 5.41 Å². The van der Waals surface area contributed by atoms with Crippen molar-refractivity contribution in [2.45, 2.75) is 57.9 Å². The average molecular weight is 243 g/mol. The first-order valence-corrected chi connectivity index (χ1v) is 6.51. The van der Waals surface area contributed by atoms with Crippen molar-refractivity contribution in [1.29, 1.82) is 0 Å². The highest BCUT2D eigenvalue weighted by Gasteiger charge is 2.33. The number of aromatic nitrogens is 4. The summed E-state index contributed by atoms with van der Waals surface area (Å²) in [7, 11) is 0. The van der Waals surface area contributed by atoms with Gasteiger partial charge in [-0.1, -0.05) is 19.8 Å². The Hall–Kier alpha value is -0.640. The second-order valence-corrected chi connectivity index (χ2v) is 5.53. The van der Waals surface area contributed by atoms with Gasteiger partial charge in [0.15, 0.2) is 5.82 Å². The van der Waals surface area contributed by atoms with Crippen LogP contribution in [-0.4, -0.2) is 20.2 Å². The maximum absolute atomic E-state index is 6.06. The summed E-state index contributed by atoms with van der Waals surface area (Å²) in [6, 6.07) is 0. The quantitative estimate of drug-likeness (QED) is 0.763. The van der Waals surface area contributed by atoms with Crippen LogP contribution >= 0.6 is 11.6 Å². The maximum Gasteiger partial charge on any atom is 0.168 e. The average Bonchev–Trinajstić information content (AvgIpc) is 2.88. The van der Waals surface area contributed by atoms with Crippen LogP contribution in [0.15, 0.2) is 0 Å². The minimum Gasteiger partial charge on any atom is -0.228 e. The van der Waals surface area contributed by atoms with E-state index in [4.69, 9.17) is 11.6 Å². The first-order chi connectivity index (χ1) is 7.67. The summed E-state index contributed by atoms with van der Waals surface area (Å²) in [6.45, 7) is 5.10. The molecule has 0 aromatic carbocycles. The Labute approximate surface area is 101 Å². The van der Waals surface area contributed by atoms with E-state index in [1.54, 1.807) is 0 Å². The molecular weight excluding hydrogens is 224 g/mol. The van der Waals surface area contributed by atoms with Gasteiger partial charge in [0.25, 0.3) is 0 Å². The van der Waals surface area contributed by atoms with Crippen LogP contribution in [-0.2, 0) is 6.54 Å². The van der Waals surface area contributed by atoms with Crippen molar-refractivity contribution in [3.63, 3.8) is 0 Å². The summed E-state index contributed by atoms with van der Waals surface area (Å²) in [5.74, 6) is 0.793. The Kier molecular flexibility index (Phi) is 3.47. The molecule has 0 N–H and O–H groups in total.